The molecule has 3 heteroatoms. The van der Waals surface area contributed by atoms with Crippen LogP contribution < -0.4 is 0 Å². The van der Waals surface area contributed by atoms with Gasteiger partial charge >= 0.3 is 5.97 Å². The lowest BCUT2D eigenvalue weighted by atomic mass is 9.88. The van der Waals surface area contributed by atoms with Crippen LogP contribution in [-0.2, 0) is 9.53 Å². The number of hydrogen-bond donors (Lipinski definition) is 1. The van der Waals surface area contributed by atoms with Crippen LogP contribution in [0.3, 0.4) is 0 Å². The molecule has 1 saturated carbocycles. The van der Waals surface area contributed by atoms with Crippen LogP contribution in [0.4, 0.5) is 0 Å². The smallest absolute Gasteiger partial charge is 0.309 e. The molecular formula is C15H18O3. The zero-order chi connectivity index (χ0) is 12.5. The van der Waals surface area contributed by atoms with Crippen LogP contribution >= 0.6 is 0 Å². The van der Waals surface area contributed by atoms with Crippen molar-refractivity contribution in [1.82, 2.24) is 0 Å². The average Bonchev–Trinajstić information content (AvgIpc) is 3.23. The van der Waals surface area contributed by atoms with E-state index in [1.807, 2.05) is 12.1 Å². The van der Waals surface area contributed by atoms with Crippen LogP contribution in [0.2, 0.25) is 0 Å². The quantitative estimate of drug-likeness (QED) is 0.891. The van der Waals surface area contributed by atoms with Gasteiger partial charge in [-0.05, 0) is 42.7 Å². The number of hydrogen-bond acceptors (Lipinski definition) is 2. The minimum atomic E-state index is -0.739. The Hall–Kier alpha value is -1.35. The molecule has 2 fully saturated rings. The molecule has 0 amide bonds. The van der Waals surface area contributed by atoms with Gasteiger partial charge in [0.1, 0.15) is 0 Å². The zero-order valence-corrected chi connectivity index (χ0v) is 10.3. The maximum absolute atomic E-state index is 11.3. The molecule has 1 aromatic rings. The van der Waals surface area contributed by atoms with Gasteiger partial charge < -0.3 is 9.84 Å². The van der Waals surface area contributed by atoms with Gasteiger partial charge in [-0.15, -0.1) is 0 Å². The first-order valence-corrected chi connectivity index (χ1v) is 6.70. The fourth-order valence-corrected chi connectivity index (χ4v) is 2.77. The van der Waals surface area contributed by atoms with E-state index in [-0.39, 0.29) is 6.10 Å². The summed E-state index contributed by atoms with van der Waals surface area (Å²) in [6.07, 6.45) is 3.81. The highest BCUT2D eigenvalue weighted by Crippen LogP contribution is 2.42. The van der Waals surface area contributed by atoms with Gasteiger partial charge in [0.2, 0.25) is 0 Å². The molecule has 0 radical (unpaired) electrons. The van der Waals surface area contributed by atoms with E-state index in [4.69, 9.17) is 4.74 Å². The van der Waals surface area contributed by atoms with Crippen molar-refractivity contribution in [2.75, 3.05) is 6.61 Å². The summed E-state index contributed by atoms with van der Waals surface area (Å²) in [7, 11) is 0. The third-order valence-electron chi connectivity index (χ3n) is 3.93. The van der Waals surface area contributed by atoms with E-state index >= 15 is 0 Å². The van der Waals surface area contributed by atoms with Crippen LogP contribution in [0.25, 0.3) is 0 Å². The molecule has 2 atom stereocenters. The fourth-order valence-electron chi connectivity index (χ4n) is 2.77. The predicted octanol–water partition coefficient (Wildman–Crippen LogP) is 3.12. The lowest BCUT2D eigenvalue weighted by molar-refractivity contribution is -0.151. The number of aliphatic carboxylic acids is 1. The van der Waals surface area contributed by atoms with Gasteiger partial charge in [-0.3, -0.25) is 4.79 Å². The Bertz CT molecular complexity index is 451. The second-order valence-corrected chi connectivity index (χ2v) is 5.32. The molecule has 0 aromatic heterocycles. The average molecular weight is 246 g/mol. The Morgan fingerprint density at radius 2 is 2.00 bits per heavy atom. The normalized spacial score (nSPS) is 28.0. The molecular weight excluding hydrogens is 228 g/mol. The van der Waals surface area contributed by atoms with Crippen LogP contribution in [0.5, 0.6) is 0 Å². The van der Waals surface area contributed by atoms with E-state index in [2.05, 4.69) is 12.1 Å². The van der Waals surface area contributed by atoms with Gasteiger partial charge in [0.25, 0.3) is 0 Å². The van der Waals surface area contributed by atoms with Gasteiger partial charge in [0.15, 0.2) is 0 Å². The number of rotatable bonds is 3. The van der Waals surface area contributed by atoms with Gasteiger partial charge in [-0.2, -0.15) is 0 Å². The molecule has 1 aliphatic carbocycles. The predicted molar refractivity (Wildman–Crippen MR) is 67.5 cm³/mol. The van der Waals surface area contributed by atoms with E-state index < -0.39 is 11.9 Å². The van der Waals surface area contributed by atoms with E-state index in [1.165, 1.54) is 18.4 Å². The Kier molecular flexibility index (Phi) is 3.08. The standard InChI is InChI=1S/C15H18O3/c16-15(17)13-5-2-8-18-14(13)12-4-1-3-11(9-12)10-6-7-10/h1,3-4,9-10,13-14H,2,5-8H2,(H,16,17). The van der Waals surface area contributed by atoms with E-state index in [1.54, 1.807) is 0 Å². The van der Waals surface area contributed by atoms with Gasteiger partial charge in [-0.1, -0.05) is 24.3 Å². The summed E-state index contributed by atoms with van der Waals surface area (Å²) < 4.78 is 5.71. The monoisotopic (exact) mass is 246 g/mol. The van der Waals surface area contributed by atoms with Crippen molar-refractivity contribution < 1.29 is 14.6 Å². The van der Waals surface area contributed by atoms with Gasteiger partial charge in [0, 0.05) is 6.61 Å². The summed E-state index contributed by atoms with van der Waals surface area (Å²) in [4.78, 5) is 11.3. The van der Waals surface area contributed by atoms with Crippen molar-refractivity contribution in [3.63, 3.8) is 0 Å². The molecule has 3 rings (SSSR count). The Morgan fingerprint density at radius 3 is 2.72 bits per heavy atom. The molecule has 2 unspecified atom stereocenters. The minimum absolute atomic E-state index is 0.269. The molecule has 1 saturated heterocycles. The zero-order valence-electron chi connectivity index (χ0n) is 10.3. The first-order valence-electron chi connectivity index (χ1n) is 6.70. The first-order chi connectivity index (χ1) is 8.75. The topological polar surface area (TPSA) is 46.5 Å². The van der Waals surface area contributed by atoms with Crippen molar-refractivity contribution in [3.05, 3.63) is 35.4 Å². The molecule has 2 aliphatic rings. The van der Waals surface area contributed by atoms with Crippen molar-refractivity contribution >= 4 is 5.97 Å². The molecule has 1 aliphatic heterocycles. The largest absolute Gasteiger partial charge is 0.481 e. The third kappa shape index (κ3) is 2.27. The van der Waals surface area contributed by atoms with Crippen LogP contribution in [0.15, 0.2) is 24.3 Å². The number of benzene rings is 1. The number of carboxylic acids is 1. The maximum atomic E-state index is 11.3. The molecule has 0 spiro atoms. The number of ether oxygens (including phenoxy) is 1. The second kappa shape index (κ2) is 4.73. The van der Waals surface area contributed by atoms with Crippen molar-refractivity contribution in [2.24, 2.45) is 5.92 Å². The molecule has 1 aromatic carbocycles. The van der Waals surface area contributed by atoms with Gasteiger partial charge in [0.05, 0.1) is 12.0 Å². The summed E-state index contributed by atoms with van der Waals surface area (Å²) in [5, 5.41) is 9.28. The lowest BCUT2D eigenvalue weighted by Gasteiger charge is -2.29. The highest BCUT2D eigenvalue weighted by atomic mass is 16.5. The maximum Gasteiger partial charge on any atom is 0.309 e. The number of carbonyl (C=O) groups is 1. The third-order valence-corrected chi connectivity index (χ3v) is 3.93. The highest BCUT2D eigenvalue weighted by molar-refractivity contribution is 5.71. The molecule has 1 N–H and O–H groups in total. The minimum Gasteiger partial charge on any atom is -0.481 e. The summed E-state index contributed by atoms with van der Waals surface area (Å²) in [6, 6.07) is 8.31. The lowest BCUT2D eigenvalue weighted by Crippen LogP contribution is -2.28. The van der Waals surface area contributed by atoms with Crippen LogP contribution in [0.1, 0.15) is 48.8 Å². The van der Waals surface area contributed by atoms with Crippen LogP contribution in [0, 0.1) is 5.92 Å². The summed E-state index contributed by atoms with van der Waals surface area (Å²) in [5.74, 6) is -0.443. The first kappa shape index (κ1) is 11.7. The second-order valence-electron chi connectivity index (χ2n) is 5.32. The fraction of sp³-hybridized carbons (Fsp3) is 0.533. The summed E-state index contributed by atoms with van der Waals surface area (Å²) >= 11 is 0. The molecule has 18 heavy (non-hydrogen) atoms. The number of carboxylic acid groups (broad SMARTS) is 1. The van der Waals surface area contributed by atoms with E-state index in [9.17, 15) is 9.90 Å². The Labute approximate surface area is 107 Å². The van der Waals surface area contributed by atoms with Crippen molar-refractivity contribution in [2.45, 2.75) is 37.7 Å². The van der Waals surface area contributed by atoms with E-state index in [0.29, 0.717) is 18.9 Å². The van der Waals surface area contributed by atoms with Gasteiger partial charge in [-0.25, -0.2) is 0 Å². The molecule has 96 valence electrons. The Morgan fingerprint density at radius 1 is 1.22 bits per heavy atom. The molecule has 1 heterocycles. The van der Waals surface area contributed by atoms with Crippen molar-refractivity contribution in [3.8, 4) is 0 Å². The summed E-state index contributed by atoms with van der Waals surface area (Å²) in [5.41, 5.74) is 2.37. The SMILES string of the molecule is O=C(O)C1CCCOC1c1cccc(C2CC2)c1. The highest BCUT2D eigenvalue weighted by Gasteiger charge is 2.33. The summed E-state index contributed by atoms with van der Waals surface area (Å²) in [6.45, 7) is 0.669. The molecule has 0 bridgehead atoms. The Balaban J connectivity index is 1.86. The van der Waals surface area contributed by atoms with E-state index in [0.717, 1.165) is 12.0 Å². The molecule has 3 nitrogen and oxygen atoms in total. The van der Waals surface area contributed by atoms with Crippen molar-refractivity contribution in [1.29, 1.82) is 0 Å². The van der Waals surface area contributed by atoms with Crippen LogP contribution in [-0.4, -0.2) is 17.7 Å².